The number of aryl methyl sites for hydroxylation is 1. The van der Waals surface area contributed by atoms with Crippen molar-refractivity contribution in [3.63, 3.8) is 0 Å². The standard InChI is InChI=1S/C17H23NO3S/c1-12-6-8-14(22-2)11-15(12)17(21)18-10-4-3-5-13(18)7-9-16(19)20/h6,8,11,13H,3-5,7,9-10H2,1-2H3,(H,19,20). The van der Waals surface area contributed by atoms with E-state index in [9.17, 15) is 9.59 Å². The highest BCUT2D eigenvalue weighted by molar-refractivity contribution is 7.98. The zero-order chi connectivity index (χ0) is 16.1. The van der Waals surface area contributed by atoms with E-state index in [1.807, 2.05) is 36.3 Å². The number of hydrogen-bond donors (Lipinski definition) is 1. The first-order chi connectivity index (χ1) is 10.5. The smallest absolute Gasteiger partial charge is 0.303 e. The van der Waals surface area contributed by atoms with Crippen molar-refractivity contribution in [3.8, 4) is 0 Å². The van der Waals surface area contributed by atoms with Crippen LogP contribution in [-0.2, 0) is 4.79 Å². The summed E-state index contributed by atoms with van der Waals surface area (Å²) in [6.07, 6.45) is 5.63. The van der Waals surface area contributed by atoms with E-state index in [2.05, 4.69) is 0 Å². The highest BCUT2D eigenvalue weighted by atomic mass is 32.2. The molecule has 1 heterocycles. The molecular weight excluding hydrogens is 298 g/mol. The molecular formula is C17H23NO3S. The monoisotopic (exact) mass is 321 g/mol. The van der Waals surface area contributed by atoms with Gasteiger partial charge in [0.25, 0.3) is 5.91 Å². The molecule has 1 atom stereocenters. The lowest BCUT2D eigenvalue weighted by Gasteiger charge is -2.36. The van der Waals surface area contributed by atoms with Gasteiger partial charge in [0.1, 0.15) is 0 Å². The molecule has 0 radical (unpaired) electrons. The van der Waals surface area contributed by atoms with Crippen molar-refractivity contribution in [3.05, 3.63) is 29.3 Å². The molecule has 4 nitrogen and oxygen atoms in total. The Morgan fingerprint density at radius 1 is 1.36 bits per heavy atom. The summed E-state index contributed by atoms with van der Waals surface area (Å²) in [5, 5.41) is 8.89. The molecule has 1 amide bonds. The third kappa shape index (κ3) is 4.03. The number of amides is 1. The Kier molecular flexibility index (Phi) is 5.89. The average molecular weight is 321 g/mol. The molecule has 5 heteroatoms. The molecule has 0 aliphatic carbocycles. The number of likely N-dealkylation sites (tertiary alicyclic amines) is 1. The molecule has 1 saturated heterocycles. The summed E-state index contributed by atoms with van der Waals surface area (Å²) in [6.45, 7) is 2.68. The Morgan fingerprint density at radius 3 is 2.82 bits per heavy atom. The van der Waals surface area contributed by atoms with Gasteiger partial charge in [0.15, 0.2) is 0 Å². The summed E-state index contributed by atoms with van der Waals surface area (Å²) in [5.41, 5.74) is 1.72. The molecule has 0 bridgehead atoms. The number of benzene rings is 1. The van der Waals surface area contributed by atoms with Crippen molar-refractivity contribution in [1.29, 1.82) is 0 Å². The highest BCUT2D eigenvalue weighted by Gasteiger charge is 2.28. The molecule has 0 aromatic heterocycles. The zero-order valence-corrected chi connectivity index (χ0v) is 14.0. The number of hydrogen-bond acceptors (Lipinski definition) is 3. The number of thioether (sulfide) groups is 1. The molecule has 120 valence electrons. The molecule has 1 aliphatic rings. The van der Waals surface area contributed by atoms with Gasteiger partial charge < -0.3 is 10.0 Å². The van der Waals surface area contributed by atoms with E-state index >= 15 is 0 Å². The van der Waals surface area contributed by atoms with Crippen LogP contribution in [0.4, 0.5) is 0 Å². The quantitative estimate of drug-likeness (QED) is 0.842. The van der Waals surface area contributed by atoms with Gasteiger partial charge in [0.05, 0.1) is 0 Å². The Labute approximate surface area is 135 Å². The van der Waals surface area contributed by atoms with Crippen LogP contribution in [0.25, 0.3) is 0 Å². The summed E-state index contributed by atoms with van der Waals surface area (Å²) in [7, 11) is 0. The minimum atomic E-state index is -0.793. The number of carboxylic acids is 1. The van der Waals surface area contributed by atoms with Crippen LogP contribution in [0.1, 0.15) is 48.0 Å². The molecule has 1 unspecified atom stereocenters. The third-order valence-corrected chi connectivity index (χ3v) is 4.98. The summed E-state index contributed by atoms with van der Waals surface area (Å²) in [5.74, 6) is -0.748. The summed E-state index contributed by atoms with van der Waals surface area (Å²) >= 11 is 1.62. The molecule has 1 aliphatic heterocycles. The van der Waals surface area contributed by atoms with Gasteiger partial charge in [-0.25, -0.2) is 0 Å². The number of aliphatic carboxylic acids is 1. The van der Waals surface area contributed by atoms with Gasteiger partial charge in [0.2, 0.25) is 0 Å². The largest absolute Gasteiger partial charge is 0.481 e. The van der Waals surface area contributed by atoms with E-state index in [-0.39, 0.29) is 18.4 Å². The van der Waals surface area contributed by atoms with Gasteiger partial charge in [-0.05, 0) is 56.6 Å². The maximum absolute atomic E-state index is 12.9. The molecule has 0 spiro atoms. The van der Waals surface area contributed by atoms with Crippen molar-refractivity contribution < 1.29 is 14.7 Å². The number of carbonyl (C=O) groups is 2. The van der Waals surface area contributed by atoms with Gasteiger partial charge in [-0.3, -0.25) is 9.59 Å². The third-order valence-electron chi connectivity index (χ3n) is 4.25. The Bertz CT molecular complexity index is 559. The second kappa shape index (κ2) is 7.68. The molecule has 1 N–H and O–H groups in total. The molecule has 2 rings (SSSR count). The number of carboxylic acid groups (broad SMARTS) is 1. The lowest BCUT2D eigenvalue weighted by molar-refractivity contribution is -0.137. The van der Waals surface area contributed by atoms with E-state index in [0.29, 0.717) is 6.42 Å². The predicted molar refractivity (Wildman–Crippen MR) is 88.5 cm³/mol. The van der Waals surface area contributed by atoms with Crippen LogP contribution in [0.15, 0.2) is 23.1 Å². The van der Waals surface area contributed by atoms with Crippen molar-refractivity contribution in [2.45, 2.75) is 50.0 Å². The molecule has 1 aromatic rings. The summed E-state index contributed by atoms with van der Waals surface area (Å²) in [6, 6.07) is 6.00. The van der Waals surface area contributed by atoms with Crippen LogP contribution in [0.2, 0.25) is 0 Å². The Morgan fingerprint density at radius 2 is 2.14 bits per heavy atom. The fraction of sp³-hybridized carbons (Fsp3) is 0.529. The van der Waals surface area contributed by atoms with Crippen LogP contribution in [-0.4, -0.2) is 40.7 Å². The van der Waals surface area contributed by atoms with Gasteiger partial charge in [0, 0.05) is 29.5 Å². The number of carbonyl (C=O) groups excluding carboxylic acids is 1. The Hall–Kier alpha value is -1.49. The number of piperidine rings is 1. The van der Waals surface area contributed by atoms with Crippen LogP contribution >= 0.6 is 11.8 Å². The normalized spacial score (nSPS) is 18.3. The maximum Gasteiger partial charge on any atom is 0.303 e. The molecule has 1 fully saturated rings. The topological polar surface area (TPSA) is 57.6 Å². The second-order valence-corrected chi connectivity index (χ2v) is 6.64. The van der Waals surface area contributed by atoms with E-state index in [0.717, 1.165) is 41.8 Å². The number of rotatable bonds is 5. The highest BCUT2D eigenvalue weighted by Crippen LogP contribution is 2.26. The minimum absolute atomic E-state index is 0.0449. The fourth-order valence-electron chi connectivity index (χ4n) is 2.97. The molecule has 1 aromatic carbocycles. The average Bonchev–Trinajstić information content (AvgIpc) is 2.53. The van der Waals surface area contributed by atoms with Crippen LogP contribution in [0.3, 0.4) is 0 Å². The first kappa shape index (κ1) is 16.9. The lowest BCUT2D eigenvalue weighted by Crippen LogP contribution is -2.44. The number of nitrogens with zero attached hydrogens (tertiary/aromatic N) is 1. The van der Waals surface area contributed by atoms with E-state index < -0.39 is 5.97 Å². The predicted octanol–water partition coefficient (Wildman–Crippen LogP) is 3.58. The van der Waals surface area contributed by atoms with Crippen LogP contribution in [0.5, 0.6) is 0 Å². The van der Waals surface area contributed by atoms with Crippen molar-refractivity contribution in [1.82, 2.24) is 4.90 Å². The van der Waals surface area contributed by atoms with E-state index in [1.54, 1.807) is 11.8 Å². The van der Waals surface area contributed by atoms with Gasteiger partial charge >= 0.3 is 5.97 Å². The summed E-state index contributed by atoms with van der Waals surface area (Å²) < 4.78 is 0. The van der Waals surface area contributed by atoms with Gasteiger partial charge in [-0.2, -0.15) is 0 Å². The van der Waals surface area contributed by atoms with Crippen molar-refractivity contribution in [2.24, 2.45) is 0 Å². The van der Waals surface area contributed by atoms with E-state index in [4.69, 9.17) is 5.11 Å². The lowest BCUT2D eigenvalue weighted by atomic mass is 9.96. The molecule has 22 heavy (non-hydrogen) atoms. The zero-order valence-electron chi connectivity index (χ0n) is 13.2. The van der Waals surface area contributed by atoms with Crippen molar-refractivity contribution in [2.75, 3.05) is 12.8 Å². The SMILES string of the molecule is CSc1ccc(C)c(C(=O)N2CCCCC2CCC(=O)O)c1. The fourth-order valence-corrected chi connectivity index (χ4v) is 3.41. The first-order valence-corrected chi connectivity index (χ1v) is 8.93. The first-order valence-electron chi connectivity index (χ1n) is 7.70. The second-order valence-electron chi connectivity index (χ2n) is 5.76. The van der Waals surface area contributed by atoms with Crippen LogP contribution in [0, 0.1) is 6.92 Å². The summed E-state index contributed by atoms with van der Waals surface area (Å²) in [4.78, 5) is 26.7. The van der Waals surface area contributed by atoms with E-state index in [1.165, 1.54) is 0 Å². The van der Waals surface area contributed by atoms with Gasteiger partial charge in [-0.1, -0.05) is 6.07 Å². The van der Waals surface area contributed by atoms with Gasteiger partial charge in [-0.15, -0.1) is 11.8 Å². The van der Waals surface area contributed by atoms with Crippen LogP contribution < -0.4 is 0 Å². The van der Waals surface area contributed by atoms with Crippen molar-refractivity contribution >= 4 is 23.6 Å². The minimum Gasteiger partial charge on any atom is -0.481 e. The molecule has 0 saturated carbocycles. The Balaban J connectivity index is 2.19. The maximum atomic E-state index is 12.9.